The summed E-state index contributed by atoms with van der Waals surface area (Å²) in [5, 5.41) is 8.85. The average molecular weight is 198 g/mol. The summed E-state index contributed by atoms with van der Waals surface area (Å²) in [5.74, 6) is 1.02. The fourth-order valence-electron chi connectivity index (χ4n) is 2.97. The fourth-order valence-corrected chi connectivity index (χ4v) is 2.97. The first kappa shape index (κ1) is 9.77. The number of fused-ring (bicyclic) bond motifs is 1. The Morgan fingerprint density at radius 3 is 2.36 bits per heavy atom. The van der Waals surface area contributed by atoms with Gasteiger partial charge in [-0.25, -0.2) is 4.79 Å². The number of hydrogen-bond donors (Lipinski definition) is 2. The van der Waals surface area contributed by atoms with E-state index in [-0.39, 0.29) is 5.54 Å². The molecule has 3 N–H and O–H groups in total. The Labute approximate surface area is 84.1 Å². The van der Waals surface area contributed by atoms with Gasteiger partial charge in [-0.1, -0.05) is 6.92 Å². The van der Waals surface area contributed by atoms with Crippen molar-refractivity contribution >= 4 is 6.09 Å². The maximum absolute atomic E-state index is 10.8. The highest BCUT2D eigenvalue weighted by atomic mass is 16.4. The van der Waals surface area contributed by atoms with Crippen LogP contribution >= 0.6 is 0 Å². The van der Waals surface area contributed by atoms with E-state index in [4.69, 9.17) is 10.8 Å². The molecular weight excluding hydrogens is 180 g/mol. The molecule has 0 spiro atoms. The summed E-state index contributed by atoms with van der Waals surface area (Å²) < 4.78 is 0. The van der Waals surface area contributed by atoms with Crippen LogP contribution in [-0.2, 0) is 0 Å². The lowest BCUT2D eigenvalue weighted by atomic mass is 9.94. The van der Waals surface area contributed by atoms with Gasteiger partial charge in [-0.05, 0) is 31.1 Å². The van der Waals surface area contributed by atoms with Gasteiger partial charge in [0.25, 0.3) is 0 Å². The molecule has 1 heterocycles. The van der Waals surface area contributed by atoms with Crippen molar-refractivity contribution in [3.63, 3.8) is 0 Å². The standard InChI is InChI=1S/C10H18N2O2/c1-2-10(11)3-7-5-12(9(13)14)6-8(7)4-10/h7-8H,2-6,11H2,1H3,(H,13,14). The quantitative estimate of drug-likeness (QED) is 0.663. The van der Waals surface area contributed by atoms with Crippen molar-refractivity contribution in [3.8, 4) is 0 Å². The van der Waals surface area contributed by atoms with Crippen molar-refractivity contribution in [3.05, 3.63) is 0 Å². The van der Waals surface area contributed by atoms with E-state index in [1.807, 2.05) is 0 Å². The van der Waals surface area contributed by atoms with E-state index >= 15 is 0 Å². The molecule has 2 atom stereocenters. The maximum atomic E-state index is 10.8. The number of carboxylic acid groups (broad SMARTS) is 1. The van der Waals surface area contributed by atoms with E-state index in [0.717, 1.165) is 19.3 Å². The van der Waals surface area contributed by atoms with Crippen LogP contribution in [0.15, 0.2) is 0 Å². The molecule has 14 heavy (non-hydrogen) atoms. The third-order valence-corrected chi connectivity index (χ3v) is 3.89. The fraction of sp³-hybridized carbons (Fsp3) is 0.900. The zero-order valence-electron chi connectivity index (χ0n) is 8.57. The molecule has 1 amide bonds. The second-order valence-corrected chi connectivity index (χ2v) is 4.83. The van der Waals surface area contributed by atoms with Crippen LogP contribution in [0, 0.1) is 11.8 Å². The number of likely N-dealkylation sites (tertiary alicyclic amines) is 1. The van der Waals surface area contributed by atoms with E-state index in [0.29, 0.717) is 24.9 Å². The molecule has 0 radical (unpaired) electrons. The minimum Gasteiger partial charge on any atom is -0.465 e. The van der Waals surface area contributed by atoms with E-state index in [1.54, 1.807) is 0 Å². The first-order valence-corrected chi connectivity index (χ1v) is 5.31. The van der Waals surface area contributed by atoms with Crippen LogP contribution in [0.3, 0.4) is 0 Å². The largest absolute Gasteiger partial charge is 0.465 e. The zero-order chi connectivity index (χ0) is 10.3. The monoisotopic (exact) mass is 198 g/mol. The topological polar surface area (TPSA) is 66.6 Å². The predicted octanol–water partition coefficient (Wildman–Crippen LogP) is 1.11. The van der Waals surface area contributed by atoms with Crippen molar-refractivity contribution in [1.82, 2.24) is 4.90 Å². The number of hydrogen-bond acceptors (Lipinski definition) is 2. The Bertz CT molecular complexity index is 241. The molecule has 1 aliphatic carbocycles. The van der Waals surface area contributed by atoms with Crippen molar-refractivity contribution in [2.75, 3.05) is 13.1 Å². The Hall–Kier alpha value is -0.770. The lowest BCUT2D eigenvalue weighted by Crippen LogP contribution is -2.39. The van der Waals surface area contributed by atoms with Gasteiger partial charge in [-0.3, -0.25) is 0 Å². The van der Waals surface area contributed by atoms with Crippen LogP contribution in [-0.4, -0.2) is 34.7 Å². The molecule has 1 saturated carbocycles. The van der Waals surface area contributed by atoms with Gasteiger partial charge in [0.2, 0.25) is 0 Å². The smallest absolute Gasteiger partial charge is 0.407 e. The highest BCUT2D eigenvalue weighted by Crippen LogP contribution is 2.43. The minimum atomic E-state index is -0.779. The van der Waals surface area contributed by atoms with Gasteiger partial charge in [0, 0.05) is 18.6 Å². The summed E-state index contributed by atoms with van der Waals surface area (Å²) in [7, 11) is 0. The lowest BCUT2D eigenvalue weighted by Gasteiger charge is -2.24. The van der Waals surface area contributed by atoms with E-state index in [1.165, 1.54) is 4.90 Å². The van der Waals surface area contributed by atoms with Crippen LogP contribution < -0.4 is 5.73 Å². The van der Waals surface area contributed by atoms with Gasteiger partial charge in [0.05, 0.1) is 0 Å². The zero-order valence-corrected chi connectivity index (χ0v) is 8.57. The average Bonchev–Trinajstić information content (AvgIpc) is 2.59. The first-order valence-electron chi connectivity index (χ1n) is 5.31. The van der Waals surface area contributed by atoms with Crippen LogP contribution in [0.1, 0.15) is 26.2 Å². The number of nitrogens with zero attached hydrogens (tertiary/aromatic N) is 1. The van der Waals surface area contributed by atoms with Gasteiger partial charge >= 0.3 is 6.09 Å². The first-order chi connectivity index (χ1) is 6.54. The molecule has 2 unspecified atom stereocenters. The van der Waals surface area contributed by atoms with Crippen molar-refractivity contribution < 1.29 is 9.90 Å². The number of carbonyl (C=O) groups is 1. The molecule has 2 fully saturated rings. The van der Waals surface area contributed by atoms with Gasteiger partial charge in [-0.2, -0.15) is 0 Å². The van der Waals surface area contributed by atoms with Crippen molar-refractivity contribution in [2.24, 2.45) is 17.6 Å². The van der Waals surface area contributed by atoms with E-state index in [9.17, 15) is 4.79 Å². The summed E-state index contributed by atoms with van der Waals surface area (Å²) in [6.07, 6.45) is 2.22. The van der Waals surface area contributed by atoms with Gasteiger partial charge in [0.1, 0.15) is 0 Å². The van der Waals surface area contributed by atoms with Gasteiger partial charge < -0.3 is 15.7 Å². The van der Waals surface area contributed by atoms with Gasteiger partial charge in [-0.15, -0.1) is 0 Å². The third-order valence-electron chi connectivity index (χ3n) is 3.89. The molecule has 80 valence electrons. The van der Waals surface area contributed by atoms with E-state index in [2.05, 4.69) is 6.92 Å². The molecule has 2 aliphatic rings. The normalized spacial score (nSPS) is 41.4. The molecule has 0 aromatic carbocycles. The Morgan fingerprint density at radius 2 is 2.00 bits per heavy atom. The minimum absolute atomic E-state index is 0.0140. The number of nitrogens with two attached hydrogens (primary N) is 1. The lowest BCUT2D eigenvalue weighted by molar-refractivity contribution is 0.150. The summed E-state index contributed by atoms with van der Waals surface area (Å²) >= 11 is 0. The predicted molar refractivity (Wildman–Crippen MR) is 53.0 cm³/mol. The summed E-state index contributed by atoms with van der Waals surface area (Å²) in [6, 6.07) is 0. The molecular formula is C10H18N2O2. The molecule has 4 heteroatoms. The van der Waals surface area contributed by atoms with Crippen molar-refractivity contribution in [1.29, 1.82) is 0 Å². The van der Waals surface area contributed by atoms with Crippen LogP contribution in [0.2, 0.25) is 0 Å². The second kappa shape index (κ2) is 3.12. The highest BCUT2D eigenvalue weighted by molar-refractivity contribution is 5.65. The summed E-state index contributed by atoms with van der Waals surface area (Å²) in [4.78, 5) is 12.3. The van der Waals surface area contributed by atoms with Crippen LogP contribution in [0.4, 0.5) is 4.79 Å². The van der Waals surface area contributed by atoms with Gasteiger partial charge in [0.15, 0.2) is 0 Å². The number of rotatable bonds is 1. The van der Waals surface area contributed by atoms with Crippen molar-refractivity contribution in [2.45, 2.75) is 31.7 Å². The molecule has 0 bridgehead atoms. The SMILES string of the molecule is CCC1(N)CC2CN(C(=O)O)CC2C1. The molecule has 2 rings (SSSR count). The molecule has 0 aromatic rings. The molecule has 1 saturated heterocycles. The second-order valence-electron chi connectivity index (χ2n) is 4.83. The van der Waals surface area contributed by atoms with Crippen LogP contribution in [0.5, 0.6) is 0 Å². The highest BCUT2D eigenvalue weighted by Gasteiger charge is 2.47. The van der Waals surface area contributed by atoms with Crippen LogP contribution in [0.25, 0.3) is 0 Å². The molecule has 4 nitrogen and oxygen atoms in total. The maximum Gasteiger partial charge on any atom is 0.407 e. The summed E-state index contributed by atoms with van der Waals surface area (Å²) in [5.41, 5.74) is 6.19. The molecule has 1 aliphatic heterocycles. The Morgan fingerprint density at radius 1 is 1.50 bits per heavy atom. The molecule has 0 aromatic heterocycles. The van der Waals surface area contributed by atoms with E-state index < -0.39 is 6.09 Å². The Kier molecular flexibility index (Phi) is 2.18. The third kappa shape index (κ3) is 1.47. The summed E-state index contributed by atoms with van der Waals surface area (Å²) in [6.45, 7) is 3.51. The Balaban J connectivity index is 1.99. The number of amides is 1.